The first-order valence-corrected chi connectivity index (χ1v) is 11.5. The Morgan fingerprint density at radius 3 is 2.57 bits per heavy atom. The third-order valence-electron chi connectivity index (χ3n) is 4.52. The normalized spacial score (nSPS) is 18.6. The summed E-state index contributed by atoms with van der Waals surface area (Å²) in [6, 6.07) is 4.70. The van der Waals surface area contributed by atoms with Crippen molar-refractivity contribution in [1.29, 1.82) is 0 Å². The van der Waals surface area contributed by atoms with E-state index in [0.717, 1.165) is 0 Å². The fraction of sp³-hybridized carbons (Fsp3) is 0.556. The van der Waals surface area contributed by atoms with Gasteiger partial charge in [-0.3, -0.25) is 9.79 Å². The second-order valence-corrected chi connectivity index (χ2v) is 10.7. The molecule has 28 heavy (non-hydrogen) atoms. The SMILES string of the molecule is CCNC(=NCCNC(=O)c1ccc(Cl)c(Cl)c1)N1CCS(=O)(=O)C(C)(C)C1. The van der Waals surface area contributed by atoms with Gasteiger partial charge in [0.05, 0.1) is 27.1 Å². The summed E-state index contributed by atoms with van der Waals surface area (Å²) >= 11 is 11.8. The monoisotopic (exact) mass is 448 g/mol. The predicted molar refractivity (Wildman–Crippen MR) is 114 cm³/mol. The van der Waals surface area contributed by atoms with E-state index in [1.165, 1.54) is 6.07 Å². The number of halogens is 2. The van der Waals surface area contributed by atoms with Crippen LogP contribution in [0.3, 0.4) is 0 Å². The number of hydrogen-bond acceptors (Lipinski definition) is 4. The standard InChI is InChI=1S/C18H26Cl2N4O3S/c1-4-21-17(24-9-10-28(26,27)18(2,3)12-24)23-8-7-22-16(25)13-5-6-14(19)15(20)11-13/h5-6,11H,4,7-10,12H2,1-3H3,(H,21,23)(H,22,25). The van der Waals surface area contributed by atoms with Crippen molar-refractivity contribution in [2.45, 2.75) is 25.5 Å². The van der Waals surface area contributed by atoms with Crippen molar-refractivity contribution in [2.24, 2.45) is 4.99 Å². The van der Waals surface area contributed by atoms with Gasteiger partial charge in [-0.25, -0.2) is 8.42 Å². The second-order valence-electron chi connectivity index (χ2n) is 7.12. The fourth-order valence-electron chi connectivity index (χ4n) is 2.82. The molecular formula is C18H26Cl2N4O3S. The lowest BCUT2D eigenvalue weighted by Crippen LogP contribution is -2.57. The van der Waals surface area contributed by atoms with Gasteiger partial charge in [-0.1, -0.05) is 23.2 Å². The maximum Gasteiger partial charge on any atom is 0.251 e. The first kappa shape index (κ1) is 22.8. The first-order chi connectivity index (χ1) is 13.1. The van der Waals surface area contributed by atoms with Gasteiger partial charge < -0.3 is 15.5 Å². The summed E-state index contributed by atoms with van der Waals surface area (Å²) in [4.78, 5) is 18.7. The largest absolute Gasteiger partial charge is 0.357 e. The van der Waals surface area contributed by atoms with Crippen LogP contribution in [0.15, 0.2) is 23.2 Å². The number of amides is 1. The summed E-state index contributed by atoms with van der Waals surface area (Å²) < 4.78 is 23.6. The Labute approximate surface area is 176 Å². The first-order valence-electron chi connectivity index (χ1n) is 9.06. The Morgan fingerprint density at radius 1 is 1.25 bits per heavy atom. The molecule has 156 valence electrons. The molecule has 0 aliphatic carbocycles. The molecule has 0 saturated carbocycles. The van der Waals surface area contributed by atoms with Crippen LogP contribution in [0.25, 0.3) is 0 Å². The van der Waals surface area contributed by atoms with E-state index in [9.17, 15) is 13.2 Å². The van der Waals surface area contributed by atoms with Crippen LogP contribution in [0, 0.1) is 0 Å². The van der Waals surface area contributed by atoms with E-state index in [4.69, 9.17) is 23.2 Å². The number of nitrogens with one attached hydrogen (secondary N) is 2. The Bertz CT molecular complexity index is 856. The van der Waals surface area contributed by atoms with Crippen molar-refractivity contribution < 1.29 is 13.2 Å². The molecule has 0 spiro atoms. The average molecular weight is 449 g/mol. The van der Waals surface area contributed by atoms with Crippen molar-refractivity contribution >= 4 is 44.9 Å². The minimum atomic E-state index is -3.12. The Morgan fingerprint density at radius 2 is 1.96 bits per heavy atom. The highest BCUT2D eigenvalue weighted by Crippen LogP contribution is 2.24. The van der Waals surface area contributed by atoms with Crippen molar-refractivity contribution in [2.75, 3.05) is 38.5 Å². The molecule has 1 aromatic carbocycles. The van der Waals surface area contributed by atoms with E-state index in [-0.39, 0.29) is 11.7 Å². The van der Waals surface area contributed by atoms with Crippen LogP contribution in [-0.4, -0.2) is 68.4 Å². The lowest BCUT2D eigenvalue weighted by molar-refractivity contribution is 0.0954. The Balaban J connectivity index is 1.96. The summed E-state index contributed by atoms with van der Waals surface area (Å²) in [5.74, 6) is 0.483. The quantitative estimate of drug-likeness (QED) is 0.409. The van der Waals surface area contributed by atoms with Gasteiger partial charge >= 0.3 is 0 Å². The zero-order valence-electron chi connectivity index (χ0n) is 16.3. The van der Waals surface area contributed by atoms with E-state index in [2.05, 4.69) is 15.6 Å². The molecule has 0 bridgehead atoms. The molecule has 2 rings (SSSR count). The molecule has 0 atom stereocenters. The zero-order valence-corrected chi connectivity index (χ0v) is 18.6. The molecular weight excluding hydrogens is 423 g/mol. The maximum atomic E-state index is 12.2. The summed E-state index contributed by atoms with van der Waals surface area (Å²) in [6.45, 7) is 7.54. The van der Waals surface area contributed by atoms with Gasteiger partial charge in [-0.2, -0.15) is 0 Å². The van der Waals surface area contributed by atoms with Crippen LogP contribution < -0.4 is 10.6 Å². The molecule has 0 radical (unpaired) electrons. The molecule has 1 amide bonds. The third kappa shape index (κ3) is 5.52. The molecule has 1 aromatic rings. The number of carbonyl (C=O) groups is 1. The molecule has 1 aliphatic heterocycles. The van der Waals surface area contributed by atoms with E-state index >= 15 is 0 Å². The molecule has 7 nitrogen and oxygen atoms in total. The summed E-state index contributed by atoms with van der Waals surface area (Å²) in [6.07, 6.45) is 0. The van der Waals surface area contributed by atoms with Crippen molar-refractivity contribution in [3.63, 3.8) is 0 Å². The lowest BCUT2D eigenvalue weighted by atomic mass is 10.2. The van der Waals surface area contributed by atoms with Crippen LogP contribution in [0.5, 0.6) is 0 Å². The van der Waals surface area contributed by atoms with Gasteiger partial charge in [0.25, 0.3) is 5.91 Å². The zero-order chi connectivity index (χ0) is 20.9. The number of sulfone groups is 1. The highest BCUT2D eigenvalue weighted by Gasteiger charge is 2.40. The smallest absolute Gasteiger partial charge is 0.251 e. The highest BCUT2D eigenvalue weighted by molar-refractivity contribution is 7.92. The molecule has 1 heterocycles. The molecule has 0 aromatic heterocycles. The summed E-state index contributed by atoms with van der Waals surface area (Å²) in [5.41, 5.74) is 0.424. The van der Waals surface area contributed by atoms with E-state index in [1.807, 2.05) is 11.8 Å². The second kappa shape index (κ2) is 9.33. The van der Waals surface area contributed by atoms with Crippen LogP contribution >= 0.6 is 23.2 Å². The van der Waals surface area contributed by atoms with Crippen molar-refractivity contribution in [3.05, 3.63) is 33.8 Å². The minimum absolute atomic E-state index is 0.0957. The van der Waals surface area contributed by atoms with E-state index in [0.29, 0.717) is 54.3 Å². The van der Waals surface area contributed by atoms with Crippen LogP contribution in [-0.2, 0) is 9.84 Å². The van der Waals surface area contributed by atoms with Gasteiger partial charge in [0.15, 0.2) is 15.8 Å². The number of carbonyl (C=O) groups excluding carboxylic acids is 1. The molecule has 2 N–H and O–H groups in total. The lowest BCUT2D eigenvalue weighted by Gasteiger charge is -2.39. The number of rotatable bonds is 5. The molecule has 1 saturated heterocycles. The van der Waals surface area contributed by atoms with Crippen LogP contribution in [0.1, 0.15) is 31.1 Å². The summed E-state index contributed by atoms with van der Waals surface area (Å²) in [5, 5.41) is 6.69. The van der Waals surface area contributed by atoms with Crippen LogP contribution in [0.2, 0.25) is 10.0 Å². The number of hydrogen-bond donors (Lipinski definition) is 2. The molecule has 0 unspecified atom stereocenters. The van der Waals surface area contributed by atoms with Crippen molar-refractivity contribution in [1.82, 2.24) is 15.5 Å². The van der Waals surface area contributed by atoms with Gasteiger partial charge in [-0.05, 0) is 39.0 Å². The van der Waals surface area contributed by atoms with E-state index < -0.39 is 14.6 Å². The average Bonchev–Trinajstić information content (AvgIpc) is 2.62. The van der Waals surface area contributed by atoms with Gasteiger partial charge in [0.1, 0.15) is 0 Å². The third-order valence-corrected chi connectivity index (χ3v) is 7.79. The molecule has 10 heteroatoms. The number of benzene rings is 1. The Hall–Kier alpha value is -1.51. The number of guanidine groups is 1. The van der Waals surface area contributed by atoms with Gasteiger partial charge in [-0.15, -0.1) is 0 Å². The Kier molecular flexibility index (Phi) is 7.59. The van der Waals surface area contributed by atoms with Crippen LogP contribution in [0.4, 0.5) is 0 Å². The minimum Gasteiger partial charge on any atom is -0.357 e. The molecule has 1 fully saturated rings. The fourth-order valence-corrected chi connectivity index (χ4v) is 4.48. The predicted octanol–water partition coefficient (Wildman–Crippen LogP) is 2.20. The van der Waals surface area contributed by atoms with E-state index in [1.54, 1.807) is 26.0 Å². The summed E-state index contributed by atoms with van der Waals surface area (Å²) in [7, 11) is -3.12. The van der Waals surface area contributed by atoms with Crippen molar-refractivity contribution in [3.8, 4) is 0 Å². The van der Waals surface area contributed by atoms with Gasteiger partial charge in [0, 0.05) is 31.7 Å². The maximum absolute atomic E-state index is 12.2. The highest BCUT2D eigenvalue weighted by atomic mass is 35.5. The van der Waals surface area contributed by atoms with Gasteiger partial charge in [0.2, 0.25) is 0 Å². The number of aliphatic imine (C=N–C) groups is 1. The molecule has 1 aliphatic rings. The topological polar surface area (TPSA) is 90.9 Å². The number of nitrogens with zero attached hydrogens (tertiary/aromatic N) is 2.